The van der Waals surface area contributed by atoms with E-state index in [-0.39, 0.29) is 6.03 Å². The van der Waals surface area contributed by atoms with Crippen molar-refractivity contribution in [2.24, 2.45) is 0 Å². The molecule has 24 heavy (non-hydrogen) atoms. The molecule has 128 valence electrons. The number of para-hydroxylation sites is 2. The van der Waals surface area contributed by atoms with Gasteiger partial charge in [-0.2, -0.15) is 0 Å². The highest BCUT2D eigenvalue weighted by Gasteiger charge is 2.26. The lowest BCUT2D eigenvalue weighted by atomic mass is 10.3. The molecule has 1 aromatic heterocycles. The van der Waals surface area contributed by atoms with Gasteiger partial charge >= 0.3 is 6.03 Å². The summed E-state index contributed by atoms with van der Waals surface area (Å²) in [4.78, 5) is 16.6. The van der Waals surface area contributed by atoms with Crippen LogP contribution in [0.2, 0.25) is 0 Å². The molecule has 0 radical (unpaired) electrons. The van der Waals surface area contributed by atoms with Crippen molar-refractivity contribution in [1.29, 1.82) is 0 Å². The summed E-state index contributed by atoms with van der Waals surface area (Å²) in [6, 6.07) is 7.79. The first-order valence-electron chi connectivity index (χ1n) is 8.48. The molecule has 0 spiro atoms. The Hall–Kier alpha value is -2.50. The second kappa shape index (κ2) is 7.38. The van der Waals surface area contributed by atoms with E-state index in [4.69, 9.17) is 4.74 Å². The number of amides is 2. The third kappa shape index (κ3) is 3.88. The van der Waals surface area contributed by atoms with E-state index in [1.54, 1.807) is 0 Å². The fourth-order valence-electron chi connectivity index (χ4n) is 2.82. The smallest absolute Gasteiger partial charge is 0.319 e. The van der Waals surface area contributed by atoms with Gasteiger partial charge in [-0.1, -0.05) is 12.1 Å². The molecule has 0 bridgehead atoms. The summed E-state index contributed by atoms with van der Waals surface area (Å²) < 4.78 is 7.80. The fourth-order valence-corrected chi connectivity index (χ4v) is 2.82. The molecular formula is C18H24N4O2. The zero-order chi connectivity index (χ0) is 16.9. The summed E-state index contributed by atoms with van der Waals surface area (Å²) in [6.45, 7) is 5.11. The van der Waals surface area contributed by atoms with Crippen LogP contribution in [0, 0.1) is 6.92 Å². The lowest BCUT2D eigenvalue weighted by molar-refractivity contribution is 0.252. The normalized spacial score (nSPS) is 13.6. The lowest BCUT2D eigenvalue weighted by Gasteiger charge is -2.12. The zero-order valence-electron chi connectivity index (χ0n) is 14.2. The van der Waals surface area contributed by atoms with Gasteiger partial charge in [-0.25, -0.2) is 9.78 Å². The van der Waals surface area contributed by atoms with Crippen molar-refractivity contribution < 1.29 is 9.53 Å². The monoisotopic (exact) mass is 328 g/mol. The van der Waals surface area contributed by atoms with E-state index in [1.807, 2.05) is 37.4 Å². The zero-order valence-corrected chi connectivity index (χ0v) is 14.2. The highest BCUT2D eigenvalue weighted by molar-refractivity contribution is 5.90. The van der Waals surface area contributed by atoms with Crippen LogP contribution in [-0.2, 0) is 6.42 Å². The predicted molar refractivity (Wildman–Crippen MR) is 93.6 cm³/mol. The minimum atomic E-state index is -0.233. The standard InChI is InChI=1S/C18H24N4O2/c1-3-24-16-7-5-4-6-15(16)21-18(23)19-11-10-17-20-12-13(2)22(17)14-8-9-14/h4-7,12,14H,3,8-11H2,1-2H3,(H2,19,21,23). The maximum absolute atomic E-state index is 12.1. The first-order valence-corrected chi connectivity index (χ1v) is 8.48. The summed E-state index contributed by atoms with van der Waals surface area (Å²) in [5.41, 5.74) is 1.87. The van der Waals surface area contributed by atoms with Crippen molar-refractivity contribution in [3.8, 4) is 5.75 Å². The van der Waals surface area contributed by atoms with E-state index in [0.717, 1.165) is 12.2 Å². The second-order valence-electron chi connectivity index (χ2n) is 5.98. The van der Waals surface area contributed by atoms with Crippen molar-refractivity contribution in [1.82, 2.24) is 14.9 Å². The van der Waals surface area contributed by atoms with Gasteiger partial charge in [0.2, 0.25) is 0 Å². The number of imidazole rings is 1. The minimum absolute atomic E-state index is 0.233. The number of hydrogen-bond donors (Lipinski definition) is 2. The van der Waals surface area contributed by atoms with Gasteiger partial charge < -0.3 is 19.9 Å². The largest absolute Gasteiger partial charge is 0.492 e. The van der Waals surface area contributed by atoms with Crippen LogP contribution in [0.4, 0.5) is 10.5 Å². The molecule has 0 atom stereocenters. The number of carbonyl (C=O) groups excluding carboxylic acids is 1. The van der Waals surface area contributed by atoms with Crippen LogP contribution in [0.3, 0.4) is 0 Å². The fraction of sp³-hybridized carbons (Fsp3) is 0.444. The number of nitrogens with one attached hydrogen (secondary N) is 2. The third-order valence-corrected chi connectivity index (χ3v) is 4.04. The Labute approximate surface area is 142 Å². The Kier molecular flexibility index (Phi) is 5.03. The first-order chi connectivity index (χ1) is 11.7. The molecule has 0 saturated heterocycles. The maximum Gasteiger partial charge on any atom is 0.319 e. The molecule has 1 aromatic carbocycles. The van der Waals surface area contributed by atoms with Crippen LogP contribution in [0.1, 0.15) is 37.3 Å². The SMILES string of the molecule is CCOc1ccccc1NC(=O)NCCc1ncc(C)n1C1CC1. The number of benzene rings is 1. The molecule has 3 rings (SSSR count). The van der Waals surface area contributed by atoms with Gasteiger partial charge in [0, 0.05) is 30.9 Å². The second-order valence-corrected chi connectivity index (χ2v) is 5.98. The number of aromatic nitrogens is 2. The topological polar surface area (TPSA) is 68.2 Å². The highest BCUT2D eigenvalue weighted by atomic mass is 16.5. The quantitative estimate of drug-likeness (QED) is 0.819. The predicted octanol–water partition coefficient (Wildman–Crippen LogP) is 3.29. The van der Waals surface area contributed by atoms with Crippen molar-refractivity contribution in [2.75, 3.05) is 18.5 Å². The summed E-state index contributed by atoms with van der Waals surface area (Å²) in [5.74, 6) is 1.72. The third-order valence-electron chi connectivity index (χ3n) is 4.04. The van der Waals surface area contributed by atoms with Crippen molar-refractivity contribution in [3.63, 3.8) is 0 Å². The molecule has 0 unspecified atom stereocenters. The van der Waals surface area contributed by atoms with Crippen molar-refractivity contribution >= 4 is 11.7 Å². The van der Waals surface area contributed by atoms with Crippen LogP contribution in [0.15, 0.2) is 30.5 Å². The van der Waals surface area contributed by atoms with Crippen molar-refractivity contribution in [3.05, 3.63) is 42.0 Å². The van der Waals surface area contributed by atoms with E-state index in [9.17, 15) is 4.79 Å². The van der Waals surface area contributed by atoms with Crippen LogP contribution >= 0.6 is 0 Å². The number of aryl methyl sites for hydroxylation is 1. The Morgan fingerprint density at radius 1 is 1.38 bits per heavy atom. The molecule has 1 fully saturated rings. The number of nitrogens with zero attached hydrogens (tertiary/aromatic N) is 2. The molecule has 6 nitrogen and oxygen atoms in total. The molecule has 1 aliphatic rings. The van der Waals surface area contributed by atoms with Gasteiger partial charge in [0.1, 0.15) is 11.6 Å². The first kappa shape index (κ1) is 16.4. The summed E-state index contributed by atoms with van der Waals surface area (Å²) in [6.07, 6.45) is 5.09. The summed E-state index contributed by atoms with van der Waals surface area (Å²) in [7, 11) is 0. The molecule has 6 heteroatoms. The Morgan fingerprint density at radius 3 is 2.92 bits per heavy atom. The molecular weight excluding hydrogens is 304 g/mol. The molecule has 2 aromatic rings. The van der Waals surface area contributed by atoms with Crippen LogP contribution in [0.5, 0.6) is 5.75 Å². The number of urea groups is 1. The number of rotatable bonds is 7. The summed E-state index contributed by atoms with van der Waals surface area (Å²) >= 11 is 0. The van der Waals surface area contributed by atoms with E-state index in [1.165, 1.54) is 18.5 Å². The van der Waals surface area contributed by atoms with Gasteiger partial charge in [-0.3, -0.25) is 0 Å². The number of carbonyl (C=O) groups is 1. The number of ether oxygens (including phenoxy) is 1. The number of hydrogen-bond acceptors (Lipinski definition) is 3. The van der Waals surface area contributed by atoms with E-state index in [0.29, 0.717) is 30.6 Å². The number of anilines is 1. The molecule has 2 N–H and O–H groups in total. The van der Waals surface area contributed by atoms with Crippen LogP contribution in [-0.4, -0.2) is 28.7 Å². The molecule has 0 aliphatic heterocycles. The average Bonchev–Trinajstić information content (AvgIpc) is 3.33. The lowest BCUT2D eigenvalue weighted by Crippen LogP contribution is -2.31. The molecule has 1 heterocycles. The highest BCUT2D eigenvalue weighted by Crippen LogP contribution is 2.36. The van der Waals surface area contributed by atoms with Gasteiger partial charge in [0.05, 0.1) is 12.3 Å². The Bertz CT molecular complexity index is 707. The Balaban J connectivity index is 1.51. The molecule has 1 aliphatic carbocycles. The molecule has 2 amide bonds. The van der Waals surface area contributed by atoms with Gasteiger partial charge in [-0.15, -0.1) is 0 Å². The van der Waals surface area contributed by atoms with Gasteiger partial charge in [-0.05, 0) is 38.8 Å². The van der Waals surface area contributed by atoms with Crippen LogP contribution in [0.25, 0.3) is 0 Å². The van der Waals surface area contributed by atoms with Crippen molar-refractivity contribution in [2.45, 2.75) is 39.2 Å². The van der Waals surface area contributed by atoms with E-state index in [2.05, 4.69) is 27.1 Å². The van der Waals surface area contributed by atoms with E-state index < -0.39 is 0 Å². The summed E-state index contributed by atoms with van der Waals surface area (Å²) in [5, 5.41) is 5.72. The van der Waals surface area contributed by atoms with Crippen LogP contribution < -0.4 is 15.4 Å². The van der Waals surface area contributed by atoms with Gasteiger partial charge in [0.15, 0.2) is 0 Å². The minimum Gasteiger partial charge on any atom is -0.492 e. The molecule has 1 saturated carbocycles. The van der Waals surface area contributed by atoms with Gasteiger partial charge in [0.25, 0.3) is 0 Å². The Morgan fingerprint density at radius 2 is 2.17 bits per heavy atom. The maximum atomic E-state index is 12.1. The average molecular weight is 328 g/mol. The van der Waals surface area contributed by atoms with E-state index >= 15 is 0 Å².